The third-order valence-corrected chi connectivity index (χ3v) is 4.37. The molecule has 4 atom stereocenters. The fourth-order valence-electron chi connectivity index (χ4n) is 3.09. The first-order valence-corrected chi connectivity index (χ1v) is 6.69. The molecular weight excluding hydrogens is 200 g/mol. The zero-order valence-electron chi connectivity index (χ0n) is 10.5. The summed E-state index contributed by atoms with van der Waals surface area (Å²) in [7, 11) is 0. The van der Waals surface area contributed by atoms with Gasteiger partial charge in [-0.15, -0.1) is 0 Å². The van der Waals surface area contributed by atoms with Crippen LogP contribution in [0, 0.1) is 17.8 Å². The normalized spacial score (nSPS) is 36.2. The van der Waals surface area contributed by atoms with E-state index < -0.39 is 0 Å². The van der Waals surface area contributed by atoms with E-state index in [4.69, 9.17) is 0 Å². The van der Waals surface area contributed by atoms with Crippen molar-refractivity contribution in [1.29, 1.82) is 0 Å². The summed E-state index contributed by atoms with van der Waals surface area (Å²) in [6.45, 7) is 6.51. The van der Waals surface area contributed by atoms with Crippen molar-refractivity contribution in [1.82, 2.24) is 10.6 Å². The summed E-state index contributed by atoms with van der Waals surface area (Å²) in [6.07, 6.45) is 4.72. The van der Waals surface area contributed by atoms with Gasteiger partial charge in [0.05, 0.1) is 0 Å². The molecule has 2 N–H and O–H groups in total. The van der Waals surface area contributed by atoms with E-state index in [1.807, 2.05) is 0 Å². The van der Waals surface area contributed by atoms with Gasteiger partial charge in [-0.2, -0.15) is 0 Å². The summed E-state index contributed by atoms with van der Waals surface area (Å²) in [6, 6.07) is 0.329. The zero-order chi connectivity index (χ0) is 11.5. The van der Waals surface area contributed by atoms with E-state index >= 15 is 0 Å². The molecule has 0 aromatic heterocycles. The lowest BCUT2D eigenvalue weighted by Gasteiger charge is -2.23. The van der Waals surface area contributed by atoms with Crippen molar-refractivity contribution in [2.24, 2.45) is 17.8 Å². The molecule has 1 amide bonds. The Bertz CT molecular complexity index is 248. The maximum Gasteiger partial charge on any atom is 0.223 e. The lowest BCUT2D eigenvalue weighted by atomic mass is 9.95. The molecule has 16 heavy (non-hydrogen) atoms. The first-order chi connectivity index (χ1) is 7.68. The number of hydrogen-bond donors (Lipinski definition) is 2. The Balaban J connectivity index is 1.81. The molecule has 1 heterocycles. The van der Waals surface area contributed by atoms with Crippen LogP contribution < -0.4 is 10.6 Å². The van der Waals surface area contributed by atoms with Gasteiger partial charge in [0.1, 0.15) is 0 Å². The second kappa shape index (κ2) is 5.17. The van der Waals surface area contributed by atoms with Crippen LogP contribution in [0.25, 0.3) is 0 Å². The molecule has 3 heteroatoms. The average Bonchev–Trinajstić information content (AvgIpc) is 2.86. The van der Waals surface area contributed by atoms with Gasteiger partial charge in [0.2, 0.25) is 5.91 Å². The third kappa shape index (κ3) is 2.57. The van der Waals surface area contributed by atoms with Crippen LogP contribution in [0.15, 0.2) is 0 Å². The molecule has 2 fully saturated rings. The molecule has 92 valence electrons. The van der Waals surface area contributed by atoms with Gasteiger partial charge in [-0.1, -0.05) is 13.3 Å². The van der Waals surface area contributed by atoms with Crippen LogP contribution in [-0.4, -0.2) is 25.0 Å². The first-order valence-electron chi connectivity index (χ1n) is 6.69. The summed E-state index contributed by atoms with van der Waals surface area (Å²) < 4.78 is 0. The van der Waals surface area contributed by atoms with Crippen LogP contribution >= 0.6 is 0 Å². The summed E-state index contributed by atoms with van der Waals surface area (Å²) >= 11 is 0. The Morgan fingerprint density at radius 3 is 2.75 bits per heavy atom. The molecule has 0 aromatic carbocycles. The minimum atomic E-state index is 0.275. The van der Waals surface area contributed by atoms with Crippen molar-refractivity contribution in [3.05, 3.63) is 0 Å². The van der Waals surface area contributed by atoms with Gasteiger partial charge in [0.25, 0.3) is 0 Å². The van der Waals surface area contributed by atoms with Crippen molar-refractivity contribution in [2.75, 3.05) is 13.1 Å². The Morgan fingerprint density at radius 2 is 2.19 bits per heavy atom. The second-order valence-electron chi connectivity index (χ2n) is 5.56. The van der Waals surface area contributed by atoms with Crippen molar-refractivity contribution in [3.8, 4) is 0 Å². The van der Waals surface area contributed by atoms with Gasteiger partial charge < -0.3 is 10.6 Å². The van der Waals surface area contributed by atoms with Gasteiger partial charge >= 0.3 is 0 Å². The lowest BCUT2D eigenvalue weighted by Crippen LogP contribution is -2.42. The Morgan fingerprint density at radius 1 is 1.38 bits per heavy atom. The molecule has 1 saturated heterocycles. The Labute approximate surface area is 98.4 Å². The molecule has 0 aromatic rings. The quantitative estimate of drug-likeness (QED) is 0.763. The molecule has 1 saturated carbocycles. The molecule has 1 aliphatic heterocycles. The predicted octanol–water partition coefficient (Wildman–Crippen LogP) is 1.54. The summed E-state index contributed by atoms with van der Waals surface area (Å²) in [5.41, 5.74) is 0. The van der Waals surface area contributed by atoms with E-state index in [1.54, 1.807) is 0 Å². The molecule has 1 aliphatic carbocycles. The standard InChI is InChI=1S/C13H24N2O/c1-9-4-3-5-12(9)13(16)15-10(2)11-6-7-14-8-11/h9-12,14H,3-8H2,1-2H3,(H,15,16). The second-order valence-corrected chi connectivity index (χ2v) is 5.56. The molecule has 4 unspecified atom stereocenters. The first kappa shape index (κ1) is 11.9. The smallest absolute Gasteiger partial charge is 0.223 e. The van der Waals surface area contributed by atoms with Gasteiger partial charge in [-0.05, 0) is 51.1 Å². The summed E-state index contributed by atoms with van der Waals surface area (Å²) in [5.74, 6) is 1.77. The molecule has 0 spiro atoms. The van der Waals surface area contributed by atoms with Crippen LogP contribution in [0.4, 0.5) is 0 Å². The maximum atomic E-state index is 12.1. The van der Waals surface area contributed by atoms with Crippen LogP contribution in [0.3, 0.4) is 0 Å². The van der Waals surface area contributed by atoms with E-state index in [-0.39, 0.29) is 5.92 Å². The molecule has 3 nitrogen and oxygen atoms in total. The average molecular weight is 224 g/mol. The Hall–Kier alpha value is -0.570. The molecule has 2 aliphatic rings. The van der Waals surface area contributed by atoms with Crippen LogP contribution in [0.1, 0.15) is 39.5 Å². The number of carbonyl (C=O) groups is 1. The third-order valence-electron chi connectivity index (χ3n) is 4.37. The number of amides is 1. The lowest BCUT2D eigenvalue weighted by molar-refractivity contribution is -0.126. The van der Waals surface area contributed by atoms with Gasteiger partial charge in [0, 0.05) is 12.0 Å². The Kier molecular flexibility index (Phi) is 3.85. The van der Waals surface area contributed by atoms with Crippen LogP contribution in [0.5, 0.6) is 0 Å². The number of carbonyl (C=O) groups excluding carboxylic acids is 1. The van der Waals surface area contributed by atoms with Crippen molar-refractivity contribution >= 4 is 5.91 Å². The van der Waals surface area contributed by atoms with Crippen LogP contribution in [-0.2, 0) is 4.79 Å². The number of hydrogen-bond acceptors (Lipinski definition) is 2. The van der Waals surface area contributed by atoms with Crippen molar-refractivity contribution < 1.29 is 4.79 Å². The minimum Gasteiger partial charge on any atom is -0.353 e. The minimum absolute atomic E-state index is 0.275. The van der Waals surface area contributed by atoms with Gasteiger partial charge in [0.15, 0.2) is 0 Å². The van der Waals surface area contributed by atoms with E-state index in [1.165, 1.54) is 19.3 Å². The SMILES string of the molecule is CC1CCCC1C(=O)NC(C)C1CCNC1. The van der Waals surface area contributed by atoms with E-state index in [2.05, 4.69) is 24.5 Å². The largest absolute Gasteiger partial charge is 0.353 e. The highest BCUT2D eigenvalue weighted by atomic mass is 16.2. The maximum absolute atomic E-state index is 12.1. The van der Waals surface area contributed by atoms with Gasteiger partial charge in [-0.25, -0.2) is 0 Å². The molecule has 2 rings (SSSR count). The fourth-order valence-corrected chi connectivity index (χ4v) is 3.09. The zero-order valence-corrected chi connectivity index (χ0v) is 10.5. The van der Waals surface area contributed by atoms with E-state index in [0.29, 0.717) is 23.8 Å². The van der Waals surface area contributed by atoms with Crippen LogP contribution in [0.2, 0.25) is 0 Å². The number of rotatable bonds is 3. The van der Waals surface area contributed by atoms with E-state index in [9.17, 15) is 4.79 Å². The van der Waals surface area contributed by atoms with Gasteiger partial charge in [-0.3, -0.25) is 4.79 Å². The molecular formula is C13H24N2O. The van der Waals surface area contributed by atoms with Crippen molar-refractivity contribution in [3.63, 3.8) is 0 Å². The number of nitrogens with one attached hydrogen (secondary N) is 2. The summed E-state index contributed by atoms with van der Waals surface area (Å²) in [5, 5.41) is 6.57. The highest BCUT2D eigenvalue weighted by molar-refractivity contribution is 5.79. The van der Waals surface area contributed by atoms with E-state index in [0.717, 1.165) is 19.5 Å². The highest BCUT2D eigenvalue weighted by Gasteiger charge is 2.31. The summed E-state index contributed by atoms with van der Waals surface area (Å²) in [4.78, 5) is 12.1. The highest BCUT2D eigenvalue weighted by Crippen LogP contribution is 2.31. The predicted molar refractivity (Wildman–Crippen MR) is 65.1 cm³/mol. The van der Waals surface area contributed by atoms with Crippen molar-refractivity contribution in [2.45, 2.75) is 45.6 Å². The fraction of sp³-hybridized carbons (Fsp3) is 0.923. The molecule has 0 bridgehead atoms. The monoisotopic (exact) mass is 224 g/mol. The molecule has 0 radical (unpaired) electrons. The topological polar surface area (TPSA) is 41.1 Å².